The average Bonchev–Trinajstić information content (AvgIpc) is 3.03. The van der Waals surface area contributed by atoms with Gasteiger partial charge in [0.05, 0.1) is 11.1 Å². The van der Waals surface area contributed by atoms with Crippen molar-refractivity contribution in [2.45, 2.75) is 64.3 Å². The van der Waals surface area contributed by atoms with E-state index in [-0.39, 0.29) is 23.5 Å². The number of ketones is 1. The number of phenols is 1. The van der Waals surface area contributed by atoms with Gasteiger partial charge in [0, 0.05) is 30.4 Å². The number of hydrogen-bond acceptors (Lipinski definition) is 3. The Morgan fingerprint density at radius 1 is 1.25 bits per heavy atom. The number of hydrogen-bond donors (Lipinski definition) is 2. The first kappa shape index (κ1) is 18.8. The number of likely N-dealkylation sites (tertiary alicyclic amines) is 1. The maximum atomic E-state index is 13.5. The number of aromatic hydroxyl groups is 1. The van der Waals surface area contributed by atoms with Crippen LogP contribution in [0.15, 0.2) is 24.3 Å². The number of benzene rings is 1. The molecule has 1 aliphatic carbocycles. The number of phenolic OH excluding ortho intramolecular Hbond substituents is 1. The largest absolute Gasteiger partial charge is 0.508 e. The van der Waals surface area contributed by atoms with E-state index in [0.29, 0.717) is 17.5 Å². The van der Waals surface area contributed by atoms with E-state index in [2.05, 4.69) is 4.98 Å². The first-order valence-corrected chi connectivity index (χ1v) is 10.4. The van der Waals surface area contributed by atoms with Gasteiger partial charge in [0.2, 0.25) is 0 Å². The first-order valence-electron chi connectivity index (χ1n) is 10.4. The van der Waals surface area contributed by atoms with Crippen molar-refractivity contribution < 1.29 is 14.7 Å². The summed E-state index contributed by atoms with van der Waals surface area (Å²) in [7, 11) is 0. The second-order valence-corrected chi connectivity index (χ2v) is 8.11. The summed E-state index contributed by atoms with van der Waals surface area (Å²) < 4.78 is 0. The maximum absolute atomic E-state index is 13.5. The topological polar surface area (TPSA) is 73.4 Å². The van der Waals surface area contributed by atoms with Gasteiger partial charge >= 0.3 is 0 Å². The molecule has 1 amide bonds. The number of H-pyrrole nitrogens is 1. The quantitative estimate of drug-likeness (QED) is 0.836. The van der Waals surface area contributed by atoms with E-state index in [1.54, 1.807) is 12.1 Å². The second kappa shape index (κ2) is 7.82. The van der Waals surface area contributed by atoms with Crippen molar-refractivity contribution in [1.82, 2.24) is 9.88 Å². The van der Waals surface area contributed by atoms with Gasteiger partial charge in [-0.25, -0.2) is 0 Å². The molecule has 2 aromatic rings. The molecule has 0 unspecified atom stereocenters. The highest BCUT2D eigenvalue weighted by atomic mass is 16.3. The average molecular weight is 380 g/mol. The van der Waals surface area contributed by atoms with E-state index in [9.17, 15) is 14.7 Å². The molecule has 0 bridgehead atoms. The van der Waals surface area contributed by atoms with Crippen LogP contribution in [0.2, 0.25) is 0 Å². The highest BCUT2D eigenvalue weighted by Crippen LogP contribution is 2.31. The molecule has 0 radical (unpaired) electrons. The molecule has 1 aliphatic heterocycles. The van der Waals surface area contributed by atoms with E-state index >= 15 is 0 Å². The van der Waals surface area contributed by atoms with Crippen LogP contribution in [0.4, 0.5) is 0 Å². The molecular formula is C23H28N2O3. The monoisotopic (exact) mass is 380 g/mol. The van der Waals surface area contributed by atoms with Gasteiger partial charge in [-0.05, 0) is 69.6 Å². The van der Waals surface area contributed by atoms with Crippen LogP contribution < -0.4 is 0 Å². The molecular weight excluding hydrogens is 352 g/mol. The van der Waals surface area contributed by atoms with Crippen molar-refractivity contribution in [3.63, 3.8) is 0 Å². The van der Waals surface area contributed by atoms with Gasteiger partial charge in [0.1, 0.15) is 5.75 Å². The van der Waals surface area contributed by atoms with Crippen molar-refractivity contribution >= 4 is 11.7 Å². The van der Waals surface area contributed by atoms with Crippen LogP contribution in [0.5, 0.6) is 5.75 Å². The Hall–Kier alpha value is -2.56. The highest BCUT2D eigenvalue weighted by Gasteiger charge is 2.34. The van der Waals surface area contributed by atoms with Crippen LogP contribution in [0, 0.1) is 6.92 Å². The summed E-state index contributed by atoms with van der Waals surface area (Å²) in [6.07, 6.45) is 7.05. The molecule has 0 spiro atoms. The normalized spacial score (nSPS) is 19.5. The summed E-state index contributed by atoms with van der Waals surface area (Å²) in [6, 6.07) is 7.51. The zero-order chi connectivity index (χ0) is 19.7. The summed E-state index contributed by atoms with van der Waals surface area (Å²) in [5.41, 5.74) is 4.09. The van der Waals surface area contributed by atoms with Crippen LogP contribution in [-0.4, -0.2) is 39.3 Å². The summed E-state index contributed by atoms with van der Waals surface area (Å²) >= 11 is 0. The van der Waals surface area contributed by atoms with E-state index < -0.39 is 0 Å². The zero-order valence-electron chi connectivity index (χ0n) is 16.5. The van der Waals surface area contributed by atoms with Gasteiger partial charge in [-0.2, -0.15) is 0 Å². The number of aromatic nitrogens is 1. The fraction of sp³-hybridized carbons (Fsp3) is 0.478. The number of fused-ring (bicyclic) bond motifs is 1. The summed E-state index contributed by atoms with van der Waals surface area (Å²) in [5.74, 6) is 0.385. The third kappa shape index (κ3) is 3.58. The third-order valence-electron chi connectivity index (χ3n) is 6.15. The van der Waals surface area contributed by atoms with Crippen LogP contribution in [0.25, 0.3) is 0 Å². The first-order chi connectivity index (χ1) is 13.5. The molecule has 1 fully saturated rings. The van der Waals surface area contributed by atoms with Crippen molar-refractivity contribution in [1.29, 1.82) is 0 Å². The van der Waals surface area contributed by atoms with Crippen molar-refractivity contribution in [2.24, 2.45) is 0 Å². The second-order valence-electron chi connectivity index (χ2n) is 8.11. The van der Waals surface area contributed by atoms with E-state index in [1.807, 2.05) is 24.0 Å². The number of carbonyl (C=O) groups is 2. The summed E-state index contributed by atoms with van der Waals surface area (Å²) in [5, 5.41) is 9.68. The van der Waals surface area contributed by atoms with Gasteiger partial charge in [-0.1, -0.05) is 12.1 Å². The minimum atomic E-state index is 0.00542. The maximum Gasteiger partial charge on any atom is 0.256 e. The number of nitrogens with one attached hydrogen (secondary N) is 1. The van der Waals surface area contributed by atoms with E-state index in [4.69, 9.17) is 0 Å². The number of carbonyl (C=O) groups excluding carboxylic acids is 2. The Morgan fingerprint density at radius 2 is 2.11 bits per heavy atom. The van der Waals surface area contributed by atoms with Crippen molar-refractivity contribution in [2.75, 3.05) is 6.54 Å². The smallest absolute Gasteiger partial charge is 0.256 e. The highest BCUT2D eigenvalue weighted by molar-refractivity contribution is 6.10. The van der Waals surface area contributed by atoms with E-state index in [0.717, 1.165) is 68.4 Å². The van der Waals surface area contributed by atoms with Gasteiger partial charge in [-0.3, -0.25) is 9.59 Å². The molecule has 1 aromatic heterocycles. The number of amides is 1. The van der Waals surface area contributed by atoms with Gasteiger partial charge in [0.25, 0.3) is 5.91 Å². The van der Waals surface area contributed by atoms with E-state index in [1.165, 1.54) is 0 Å². The lowest BCUT2D eigenvalue weighted by molar-refractivity contribution is 0.0597. The number of rotatable bonds is 4. The molecule has 2 N–H and O–H groups in total. The molecule has 28 heavy (non-hydrogen) atoms. The Labute approximate surface area is 165 Å². The fourth-order valence-electron chi connectivity index (χ4n) is 4.76. The fourth-order valence-corrected chi connectivity index (χ4v) is 4.76. The molecule has 1 aromatic carbocycles. The number of piperidine rings is 1. The lowest BCUT2D eigenvalue weighted by Gasteiger charge is -2.36. The van der Waals surface area contributed by atoms with Gasteiger partial charge in [-0.15, -0.1) is 0 Å². The third-order valence-corrected chi connectivity index (χ3v) is 6.15. The molecule has 148 valence electrons. The number of Topliss-reactive ketones (excluding diaryl/α,β-unsaturated/α-hetero) is 1. The Morgan fingerprint density at radius 3 is 2.93 bits per heavy atom. The Kier molecular flexibility index (Phi) is 5.25. The van der Waals surface area contributed by atoms with Crippen molar-refractivity contribution in [3.05, 3.63) is 52.3 Å². The number of aryl methyl sites for hydroxylation is 3. The minimum absolute atomic E-state index is 0.00542. The molecule has 1 saturated heterocycles. The molecule has 2 heterocycles. The molecule has 4 rings (SSSR count). The van der Waals surface area contributed by atoms with Crippen LogP contribution in [-0.2, 0) is 12.8 Å². The molecule has 0 saturated carbocycles. The lowest BCUT2D eigenvalue weighted by Crippen LogP contribution is -2.44. The van der Waals surface area contributed by atoms with Crippen LogP contribution in [0.3, 0.4) is 0 Å². The minimum Gasteiger partial charge on any atom is -0.508 e. The SMILES string of the molecule is Cc1[nH]c2c(c1C(=O)N1CCCC[C@H]1CCc1cccc(O)c1)C(=O)CCC2. The van der Waals surface area contributed by atoms with Crippen LogP contribution in [0.1, 0.15) is 76.2 Å². The predicted molar refractivity (Wildman–Crippen MR) is 108 cm³/mol. The van der Waals surface area contributed by atoms with Gasteiger partial charge < -0.3 is 15.0 Å². The van der Waals surface area contributed by atoms with Crippen LogP contribution >= 0.6 is 0 Å². The molecule has 5 heteroatoms. The summed E-state index contributed by atoms with van der Waals surface area (Å²) in [4.78, 5) is 31.3. The Balaban J connectivity index is 1.55. The standard InChI is InChI=1S/C23H28N2O3/c1-15-21(22-19(24-15)9-5-10-20(22)27)23(28)25-13-3-2-7-17(25)12-11-16-6-4-8-18(26)14-16/h4,6,8,14,17,24,26H,2-3,5,7,9-13H2,1H3/t17-/m0/s1. The van der Waals surface area contributed by atoms with Crippen molar-refractivity contribution in [3.8, 4) is 5.75 Å². The summed E-state index contributed by atoms with van der Waals surface area (Å²) in [6.45, 7) is 2.65. The molecule has 1 atom stereocenters. The number of nitrogens with zero attached hydrogens (tertiary/aromatic N) is 1. The lowest BCUT2D eigenvalue weighted by atomic mass is 9.91. The molecule has 2 aliphatic rings. The molecule has 5 nitrogen and oxygen atoms in total. The number of aromatic amines is 1. The zero-order valence-corrected chi connectivity index (χ0v) is 16.5. The van der Waals surface area contributed by atoms with Gasteiger partial charge in [0.15, 0.2) is 5.78 Å². The predicted octanol–water partition coefficient (Wildman–Crippen LogP) is 4.18. The Bertz CT molecular complexity index is 899.